The Kier molecular flexibility index (Phi) is 8.65. The Morgan fingerprint density at radius 1 is 0.963 bits per heavy atom. The van der Waals surface area contributed by atoms with Gasteiger partial charge in [0.1, 0.15) is 5.75 Å². The SMILES string of the molecule is CCCCCCOc1ccc(C(=O)OCC(=O)Nc2ccc(Cl)cc2)cc1. The monoisotopic (exact) mass is 389 g/mol. The molecule has 1 N–H and O–H groups in total. The smallest absolute Gasteiger partial charge is 0.338 e. The molecule has 2 rings (SSSR count). The number of carbonyl (C=O) groups is 2. The van der Waals surface area contributed by atoms with E-state index >= 15 is 0 Å². The average molecular weight is 390 g/mol. The topological polar surface area (TPSA) is 64.6 Å². The zero-order valence-corrected chi connectivity index (χ0v) is 16.1. The Balaban J connectivity index is 1.73. The van der Waals surface area contributed by atoms with Crippen LogP contribution in [0.25, 0.3) is 0 Å². The van der Waals surface area contributed by atoms with Crippen LogP contribution in [0, 0.1) is 0 Å². The molecule has 5 nitrogen and oxygen atoms in total. The molecule has 0 heterocycles. The summed E-state index contributed by atoms with van der Waals surface area (Å²) in [4.78, 5) is 23.9. The maximum absolute atomic E-state index is 12.0. The first-order valence-corrected chi connectivity index (χ1v) is 9.41. The first-order chi connectivity index (χ1) is 13.1. The zero-order chi connectivity index (χ0) is 19.5. The summed E-state index contributed by atoms with van der Waals surface area (Å²) in [5.41, 5.74) is 0.952. The van der Waals surface area contributed by atoms with Crippen molar-refractivity contribution in [3.8, 4) is 5.75 Å². The maximum Gasteiger partial charge on any atom is 0.338 e. The van der Waals surface area contributed by atoms with Crippen molar-refractivity contribution in [1.82, 2.24) is 0 Å². The molecule has 0 atom stereocenters. The fourth-order valence-electron chi connectivity index (χ4n) is 2.35. The van der Waals surface area contributed by atoms with Gasteiger partial charge in [0.05, 0.1) is 12.2 Å². The molecular formula is C21H24ClNO4. The van der Waals surface area contributed by atoms with Crippen LogP contribution in [0.4, 0.5) is 5.69 Å². The first-order valence-electron chi connectivity index (χ1n) is 9.04. The summed E-state index contributed by atoms with van der Waals surface area (Å²) in [5, 5.41) is 3.20. The lowest BCUT2D eigenvalue weighted by Gasteiger charge is -2.08. The van der Waals surface area contributed by atoms with Crippen molar-refractivity contribution >= 4 is 29.2 Å². The lowest BCUT2D eigenvalue weighted by atomic mass is 10.2. The normalized spacial score (nSPS) is 10.3. The zero-order valence-electron chi connectivity index (χ0n) is 15.4. The fraction of sp³-hybridized carbons (Fsp3) is 0.333. The van der Waals surface area contributed by atoms with E-state index in [9.17, 15) is 9.59 Å². The van der Waals surface area contributed by atoms with Gasteiger partial charge < -0.3 is 14.8 Å². The number of hydrogen-bond acceptors (Lipinski definition) is 4. The summed E-state index contributed by atoms with van der Waals surface area (Å²) in [7, 11) is 0. The van der Waals surface area contributed by atoms with Gasteiger partial charge in [-0.2, -0.15) is 0 Å². The standard InChI is InChI=1S/C21H24ClNO4/c1-2-3-4-5-14-26-19-12-6-16(7-13-19)21(25)27-15-20(24)23-18-10-8-17(22)9-11-18/h6-13H,2-5,14-15H2,1H3,(H,23,24). The summed E-state index contributed by atoms with van der Waals surface area (Å²) in [6.45, 7) is 2.46. The van der Waals surface area contributed by atoms with Crippen LogP contribution in [0.1, 0.15) is 43.0 Å². The van der Waals surface area contributed by atoms with Crippen LogP contribution in [-0.2, 0) is 9.53 Å². The molecule has 0 radical (unpaired) electrons. The molecule has 27 heavy (non-hydrogen) atoms. The summed E-state index contributed by atoms with van der Waals surface area (Å²) in [6, 6.07) is 13.4. The number of benzene rings is 2. The van der Waals surface area contributed by atoms with Gasteiger partial charge in [0.2, 0.25) is 0 Å². The lowest BCUT2D eigenvalue weighted by Crippen LogP contribution is -2.20. The van der Waals surface area contributed by atoms with Gasteiger partial charge in [-0.15, -0.1) is 0 Å². The third kappa shape index (κ3) is 7.71. The number of ether oxygens (including phenoxy) is 2. The number of amides is 1. The first kappa shape index (κ1) is 20.8. The molecule has 0 aliphatic rings. The quantitative estimate of drug-likeness (QED) is 0.453. The van der Waals surface area contributed by atoms with E-state index in [4.69, 9.17) is 21.1 Å². The van der Waals surface area contributed by atoms with Gasteiger partial charge in [0.25, 0.3) is 5.91 Å². The molecule has 0 spiro atoms. The number of halogens is 1. The van der Waals surface area contributed by atoms with Gasteiger partial charge in [-0.3, -0.25) is 4.79 Å². The molecule has 144 valence electrons. The Bertz CT molecular complexity index is 729. The van der Waals surface area contributed by atoms with Crippen LogP contribution >= 0.6 is 11.6 Å². The highest BCUT2D eigenvalue weighted by Crippen LogP contribution is 2.15. The summed E-state index contributed by atoms with van der Waals surface area (Å²) in [6.07, 6.45) is 4.56. The molecule has 0 bridgehead atoms. The van der Waals surface area contributed by atoms with Crippen molar-refractivity contribution in [2.75, 3.05) is 18.5 Å². The van der Waals surface area contributed by atoms with Crippen molar-refractivity contribution in [3.05, 3.63) is 59.1 Å². The number of unbranched alkanes of at least 4 members (excludes halogenated alkanes) is 3. The van der Waals surface area contributed by atoms with E-state index in [1.54, 1.807) is 48.5 Å². The molecule has 0 fully saturated rings. The predicted molar refractivity (Wildman–Crippen MR) is 106 cm³/mol. The largest absolute Gasteiger partial charge is 0.494 e. The number of hydrogen-bond donors (Lipinski definition) is 1. The van der Waals surface area contributed by atoms with Gasteiger partial charge in [-0.05, 0) is 55.0 Å². The Morgan fingerprint density at radius 3 is 2.33 bits per heavy atom. The number of nitrogens with one attached hydrogen (secondary N) is 1. The van der Waals surface area contributed by atoms with E-state index in [2.05, 4.69) is 12.2 Å². The maximum atomic E-state index is 12.0. The fourth-order valence-corrected chi connectivity index (χ4v) is 2.48. The third-order valence-electron chi connectivity index (χ3n) is 3.82. The van der Waals surface area contributed by atoms with Gasteiger partial charge in [0, 0.05) is 10.7 Å². The number of rotatable bonds is 10. The van der Waals surface area contributed by atoms with Crippen LogP contribution < -0.4 is 10.1 Å². The summed E-state index contributed by atoms with van der Waals surface area (Å²) in [5.74, 6) is -0.267. The minimum atomic E-state index is -0.559. The van der Waals surface area contributed by atoms with Crippen LogP contribution in [0.5, 0.6) is 5.75 Å². The highest BCUT2D eigenvalue weighted by Gasteiger charge is 2.10. The van der Waals surface area contributed by atoms with Crippen LogP contribution in [0.2, 0.25) is 5.02 Å². The van der Waals surface area contributed by atoms with Crippen LogP contribution in [0.3, 0.4) is 0 Å². The minimum absolute atomic E-state index is 0.364. The predicted octanol–water partition coefficient (Wildman–Crippen LogP) is 5.09. The molecule has 1 amide bonds. The molecule has 0 saturated carbocycles. The van der Waals surface area contributed by atoms with Crippen molar-refractivity contribution in [2.24, 2.45) is 0 Å². The van der Waals surface area contributed by atoms with Gasteiger partial charge in [0.15, 0.2) is 6.61 Å². The van der Waals surface area contributed by atoms with Crippen molar-refractivity contribution in [1.29, 1.82) is 0 Å². The van der Waals surface area contributed by atoms with Crippen LogP contribution in [-0.4, -0.2) is 25.1 Å². The van der Waals surface area contributed by atoms with E-state index < -0.39 is 11.9 Å². The van der Waals surface area contributed by atoms with E-state index in [0.717, 1.165) is 12.8 Å². The van der Waals surface area contributed by atoms with Gasteiger partial charge in [-0.25, -0.2) is 4.79 Å². The highest BCUT2D eigenvalue weighted by atomic mass is 35.5. The van der Waals surface area contributed by atoms with Gasteiger partial charge in [-0.1, -0.05) is 37.8 Å². The molecule has 0 aliphatic carbocycles. The van der Waals surface area contributed by atoms with Gasteiger partial charge >= 0.3 is 5.97 Å². The van der Waals surface area contributed by atoms with E-state index in [1.165, 1.54) is 12.8 Å². The molecule has 0 aromatic heterocycles. The molecule has 6 heteroatoms. The second-order valence-corrected chi connectivity index (χ2v) is 6.50. The number of carbonyl (C=O) groups excluding carboxylic acids is 2. The van der Waals surface area contributed by atoms with Crippen molar-refractivity contribution in [2.45, 2.75) is 32.6 Å². The molecule has 0 aliphatic heterocycles. The Hall–Kier alpha value is -2.53. The summed E-state index contributed by atoms with van der Waals surface area (Å²) >= 11 is 5.79. The summed E-state index contributed by atoms with van der Waals surface area (Å²) < 4.78 is 10.7. The van der Waals surface area contributed by atoms with Crippen molar-refractivity contribution in [3.63, 3.8) is 0 Å². The number of esters is 1. The molecule has 0 saturated heterocycles. The highest BCUT2D eigenvalue weighted by molar-refractivity contribution is 6.30. The second-order valence-electron chi connectivity index (χ2n) is 6.06. The molecular weight excluding hydrogens is 366 g/mol. The van der Waals surface area contributed by atoms with E-state index in [1.807, 2.05) is 0 Å². The Labute approximate surface area is 164 Å². The Morgan fingerprint density at radius 2 is 1.67 bits per heavy atom. The average Bonchev–Trinajstić information content (AvgIpc) is 2.68. The molecule has 2 aromatic carbocycles. The second kappa shape index (κ2) is 11.2. The number of anilines is 1. The third-order valence-corrected chi connectivity index (χ3v) is 4.07. The van der Waals surface area contributed by atoms with Crippen molar-refractivity contribution < 1.29 is 19.1 Å². The van der Waals surface area contributed by atoms with E-state index in [0.29, 0.717) is 28.6 Å². The minimum Gasteiger partial charge on any atom is -0.494 e. The van der Waals surface area contributed by atoms with E-state index in [-0.39, 0.29) is 6.61 Å². The molecule has 2 aromatic rings. The lowest BCUT2D eigenvalue weighted by molar-refractivity contribution is -0.119. The van der Waals surface area contributed by atoms with Crippen LogP contribution in [0.15, 0.2) is 48.5 Å². The molecule has 0 unspecified atom stereocenters.